The Labute approximate surface area is 105 Å². The predicted octanol–water partition coefficient (Wildman–Crippen LogP) is -0.747. The van der Waals surface area contributed by atoms with E-state index in [1.165, 1.54) is 18.2 Å². The predicted molar refractivity (Wildman–Crippen MR) is 65.7 cm³/mol. The standard InChI is InChI=1S/C9H11N3O4S2/c10-9-2-1-8(5-11-9)18(15,16)12-7-3-4-17(13,14)6-7/h1-5,7,12H,6H2,(H2,10,11). The molecule has 7 nitrogen and oxygen atoms in total. The largest absolute Gasteiger partial charge is 0.384 e. The normalized spacial score (nSPS) is 22.1. The third kappa shape index (κ3) is 2.86. The quantitative estimate of drug-likeness (QED) is 0.756. The van der Waals surface area contributed by atoms with Gasteiger partial charge in [0.2, 0.25) is 10.0 Å². The number of nitrogens with two attached hydrogens (primary N) is 1. The van der Waals surface area contributed by atoms with Crippen molar-refractivity contribution in [2.45, 2.75) is 10.9 Å². The van der Waals surface area contributed by atoms with Gasteiger partial charge in [-0.1, -0.05) is 6.08 Å². The van der Waals surface area contributed by atoms with Gasteiger partial charge in [0.1, 0.15) is 10.7 Å². The van der Waals surface area contributed by atoms with Crippen molar-refractivity contribution in [1.29, 1.82) is 0 Å². The van der Waals surface area contributed by atoms with Gasteiger partial charge in [-0.05, 0) is 12.1 Å². The SMILES string of the molecule is Nc1ccc(S(=O)(=O)NC2C=CS(=O)(=O)C2)cn1. The first-order chi connectivity index (χ1) is 8.28. The van der Waals surface area contributed by atoms with Gasteiger partial charge in [-0.2, -0.15) is 0 Å². The van der Waals surface area contributed by atoms with E-state index in [2.05, 4.69) is 9.71 Å². The van der Waals surface area contributed by atoms with Crippen LogP contribution < -0.4 is 10.5 Å². The minimum absolute atomic E-state index is 0.0607. The summed E-state index contributed by atoms with van der Waals surface area (Å²) in [6, 6.07) is 1.91. The molecule has 0 saturated heterocycles. The Bertz CT molecular complexity index is 677. The Morgan fingerprint density at radius 2 is 2.11 bits per heavy atom. The molecule has 18 heavy (non-hydrogen) atoms. The Kier molecular flexibility index (Phi) is 3.13. The lowest BCUT2D eigenvalue weighted by atomic mass is 10.4. The number of nitrogens with one attached hydrogen (secondary N) is 1. The van der Waals surface area contributed by atoms with Crippen molar-refractivity contribution in [3.63, 3.8) is 0 Å². The zero-order valence-corrected chi connectivity index (χ0v) is 10.8. The van der Waals surface area contributed by atoms with Crippen LogP contribution in [0.15, 0.2) is 34.7 Å². The van der Waals surface area contributed by atoms with Gasteiger partial charge < -0.3 is 5.73 Å². The number of nitrogens with zero attached hydrogens (tertiary/aromatic N) is 1. The van der Waals surface area contributed by atoms with E-state index < -0.39 is 25.9 Å². The van der Waals surface area contributed by atoms with Crippen LogP contribution in [-0.4, -0.2) is 33.6 Å². The molecule has 1 aromatic heterocycles. The van der Waals surface area contributed by atoms with Gasteiger partial charge in [-0.15, -0.1) is 0 Å². The van der Waals surface area contributed by atoms with Crippen LogP contribution in [0.2, 0.25) is 0 Å². The number of aromatic nitrogens is 1. The number of nitrogen functional groups attached to an aromatic ring is 1. The smallest absolute Gasteiger partial charge is 0.242 e. The van der Waals surface area contributed by atoms with Gasteiger partial charge in [-0.3, -0.25) is 0 Å². The van der Waals surface area contributed by atoms with Crippen LogP contribution in [0.25, 0.3) is 0 Å². The highest BCUT2D eigenvalue weighted by molar-refractivity contribution is 7.94. The molecule has 0 saturated carbocycles. The molecule has 98 valence electrons. The molecule has 0 bridgehead atoms. The van der Waals surface area contributed by atoms with E-state index >= 15 is 0 Å². The van der Waals surface area contributed by atoms with Crippen LogP contribution >= 0.6 is 0 Å². The first-order valence-electron chi connectivity index (χ1n) is 4.93. The summed E-state index contributed by atoms with van der Waals surface area (Å²) in [7, 11) is -7.09. The Morgan fingerprint density at radius 3 is 2.61 bits per heavy atom. The molecule has 1 aliphatic rings. The maximum atomic E-state index is 11.9. The molecule has 1 atom stereocenters. The van der Waals surface area contributed by atoms with Gasteiger partial charge in [0.05, 0.1) is 11.8 Å². The van der Waals surface area contributed by atoms with E-state index in [4.69, 9.17) is 5.73 Å². The molecule has 2 rings (SSSR count). The summed E-state index contributed by atoms with van der Waals surface area (Å²) >= 11 is 0. The third-order valence-corrected chi connectivity index (χ3v) is 5.18. The molecule has 9 heteroatoms. The van der Waals surface area contributed by atoms with Crippen molar-refractivity contribution >= 4 is 25.7 Å². The second kappa shape index (κ2) is 4.34. The molecule has 1 aromatic rings. The van der Waals surface area contributed by atoms with Crippen molar-refractivity contribution in [3.05, 3.63) is 29.8 Å². The number of anilines is 1. The highest BCUT2D eigenvalue weighted by Gasteiger charge is 2.26. The molecule has 3 N–H and O–H groups in total. The molecule has 0 radical (unpaired) electrons. The molecular weight excluding hydrogens is 278 g/mol. The fourth-order valence-corrected chi connectivity index (χ4v) is 3.94. The fourth-order valence-electron chi connectivity index (χ4n) is 1.47. The molecular formula is C9H11N3O4S2. The molecule has 1 unspecified atom stereocenters. The summed E-state index contributed by atoms with van der Waals surface area (Å²) in [6.07, 6.45) is 2.42. The Morgan fingerprint density at radius 1 is 1.39 bits per heavy atom. The summed E-state index contributed by atoms with van der Waals surface area (Å²) in [5.41, 5.74) is 5.35. The number of hydrogen-bond donors (Lipinski definition) is 2. The van der Waals surface area contributed by atoms with Crippen LogP contribution in [0.3, 0.4) is 0 Å². The number of pyridine rings is 1. The average molecular weight is 289 g/mol. The molecule has 0 aliphatic carbocycles. The van der Waals surface area contributed by atoms with Gasteiger partial charge in [0.15, 0.2) is 9.84 Å². The van der Waals surface area contributed by atoms with Crippen molar-refractivity contribution < 1.29 is 16.8 Å². The van der Waals surface area contributed by atoms with Crippen LogP contribution in [0, 0.1) is 0 Å². The van der Waals surface area contributed by atoms with Crippen molar-refractivity contribution in [2.75, 3.05) is 11.5 Å². The minimum Gasteiger partial charge on any atom is -0.384 e. The zero-order chi connectivity index (χ0) is 13.4. The lowest BCUT2D eigenvalue weighted by molar-refractivity contribution is 0.574. The van der Waals surface area contributed by atoms with Gasteiger partial charge >= 0.3 is 0 Å². The summed E-state index contributed by atoms with van der Waals surface area (Å²) in [6.45, 7) is 0. The average Bonchev–Trinajstić information content (AvgIpc) is 2.57. The lowest BCUT2D eigenvalue weighted by Crippen LogP contribution is -2.35. The maximum absolute atomic E-state index is 11.9. The van der Waals surface area contributed by atoms with Crippen LogP contribution in [0.1, 0.15) is 0 Å². The highest BCUT2D eigenvalue weighted by Crippen LogP contribution is 2.13. The second-order valence-corrected chi connectivity index (χ2v) is 7.45. The van der Waals surface area contributed by atoms with Crippen molar-refractivity contribution in [1.82, 2.24) is 9.71 Å². The first kappa shape index (κ1) is 13.0. The van der Waals surface area contributed by atoms with Crippen LogP contribution in [0.4, 0.5) is 5.82 Å². The van der Waals surface area contributed by atoms with Crippen LogP contribution in [-0.2, 0) is 19.9 Å². The molecule has 0 amide bonds. The fraction of sp³-hybridized carbons (Fsp3) is 0.222. The lowest BCUT2D eigenvalue weighted by Gasteiger charge is -2.10. The van der Waals surface area contributed by atoms with E-state index in [0.717, 1.165) is 11.6 Å². The number of sulfonamides is 1. The summed E-state index contributed by atoms with van der Waals surface area (Å²) in [5, 5.41) is 1.00. The molecule has 0 fully saturated rings. The minimum atomic E-state index is -3.79. The van der Waals surface area contributed by atoms with E-state index in [1.54, 1.807) is 0 Å². The summed E-state index contributed by atoms with van der Waals surface area (Å²) in [4.78, 5) is 3.61. The monoisotopic (exact) mass is 289 g/mol. The zero-order valence-electron chi connectivity index (χ0n) is 9.15. The molecule has 0 aromatic carbocycles. The molecule has 2 heterocycles. The van der Waals surface area contributed by atoms with Crippen molar-refractivity contribution in [3.8, 4) is 0 Å². The summed E-state index contributed by atoms with van der Waals surface area (Å²) in [5.74, 6) is -0.0634. The topological polar surface area (TPSA) is 119 Å². The second-order valence-electron chi connectivity index (χ2n) is 3.80. The summed E-state index contributed by atoms with van der Waals surface area (Å²) < 4.78 is 48.4. The third-order valence-electron chi connectivity index (χ3n) is 2.31. The van der Waals surface area contributed by atoms with E-state index in [0.29, 0.717) is 0 Å². The van der Waals surface area contributed by atoms with Gasteiger partial charge in [-0.25, -0.2) is 26.5 Å². The highest BCUT2D eigenvalue weighted by atomic mass is 32.2. The number of sulfone groups is 1. The number of rotatable bonds is 3. The first-order valence-corrected chi connectivity index (χ1v) is 8.13. The van der Waals surface area contributed by atoms with E-state index in [-0.39, 0.29) is 16.5 Å². The van der Waals surface area contributed by atoms with Gasteiger partial charge in [0.25, 0.3) is 0 Å². The van der Waals surface area contributed by atoms with Gasteiger partial charge in [0, 0.05) is 11.6 Å². The maximum Gasteiger partial charge on any atom is 0.242 e. The van der Waals surface area contributed by atoms with E-state index in [9.17, 15) is 16.8 Å². The van der Waals surface area contributed by atoms with E-state index in [1.807, 2.05) is 0 Å². The Balaban J connectivity index is 2.19. The van der Waals surface area contributed by atoms with Crippen molar-refractivity contribution in [2.24, 2.45) is 0 Å². The molecule has 1 aliphatic heterocycles. The molecule has 0 spiro atoms. The van der Waals surface area contributed by atoms with Crippen LogP contribution in [0.5, 0.6) is 0 Å². The Hall–Kier alpha value is -1.45. The number of hydrogen-bond acceptors (Lipinski definition) is 6.